The van der Waals surface area contributed by atoms with E-state index in [4.69, 9.17) is 27.9 Å². The molecule has 0 bridgehead atoms. The molecule has 136 valence electrons. The topological polar surface area (TPSA) is 55.4 Å². The lowest BCUT2D eigenvalue weighted by Crippen LogP contribution is -2.20. The summed E-state index contributed by atoms with van der Waals surface area (Å²) in [4.78, 5) is 23.8. The standard InChI is InChI=1S/C21H15Cl2NO3/c22-18-10-9-16(12-19(18)23)24-20(25)13-27-21(26)11-8-15-6-3-5-14-4-1-2-7-17(14)15/h1-12H,13H2,(H,24,25). The Morgan fingerprint density at radius 3 is 2.56 bits per heavy atom. The summed E-state index contributed by atoms with van der Waals surface area (Å²) in [6.07, 6.45) is 2.97. The summed E-state index contributed by atoms with van der Waals surface area (Å²) in [5, 5.41) is 5.40. The lowest BCUT2D eigenvalue weighted by atomic mass is 10.0. The van der Waals surface area contributed by atoms with E-state index in [1.54, 1.807) is 18.2 Å². The number of nitrogens with one attached hydrogen (secondary N) is 1. The molecule has 0 radical (unpaired) electrons. The third kappa shape index (κ3) is 5.09. The number of fused-ring (bicyclic) bond motifs is 1. The van der Waals surface area contributed by atoms with Crippen molar-refractivity contribution < 1.29 is 14.3 Å². The van der Waals surface area contributed by atoms with Crippen LogP contribution in [0.25, 0.3) is 16.8 Å². The Balaban J connectivity index is 1.56. The molecule has 1 amide bonds. The van der Waals surface area contributed by atoms with Gasteiger partial charge in [0.15, 0.2) is 6.61 Å². The highest BCUT2D eigenvalue weighted by Crippen LogP contribution is 2.25. The Bertz CT molecular complexity index is 1030. The molecule has 0 aliphatic heterocycles. The first-order valence-electron chi connectivity index (χ1n) is 8.10. The van der Waals surface area contributed by atoms with E-state index >= 15 is 0 Å². The van der Waals surface area contributed by atoms with Crippen molar-refractivity contribution in [3.05, 3.63) is 82.3 Å². The number of carbonyl (C=O) groups excluding carboxylic acids is 2. The molecule has 0 atom stereocenters. The summed E-state index contributed by atoms with van der Waals surface area (Å²) in [5.41, 5.74) is 1.36. The van der Waals surface area contributed by atoms with Crippen LogP contribution in [0.4, 0.5) is 5.69 Å². The first-order chi connectivity index (χ1) is 13.0. The number of benzene rings is 3. The van der Waals surface area contributed by atoms with Gasteiger partial charge in [0.05, 0.1) is 10.0 Å². The second-order valence-electron chi connectivity index (χ2n) is 5.69. The monoisotopic (exact) mass is 399 g/mol. The van der Waals surface area contributed by atoms with E-state index in [1.165, 1.54) is 12.1 Å². The van der Waals surface area contributed by atoms with Crippen LogP contribution in [-0.4, -0.2) is 18.5 Å². The normalized spacial score (nSPS) is 10.9. The van der Waals surface area contributed by atoms with Crippen molar-refractivity contribution in [2.45, 2.75) is 0 Å². The van der Waals surface area contributed by atoms with Gasteiger partial charge < -0.3 is 10.1 Å². The predicted molar refractivity (Wildman–Crippen MR) is 109 cm³/mol. The van der Waals surface area contributed by atoms with Crippen molar-refractivity contribution in [1.29, 1.82) is 0 Å². The molecule has 1 N–H and O–H groups in total. The van der Waals surface area contributed by atoms with Gasteiger partial charge in [-0.25, -0.2) is 4.79 Å². The van der Waals surface area contributed by atoms with E-state index in [0.717, 1.165) is 16.3 Å². The molecule has 0 fully saturated rings. The molecule has 0 aliphatic carbocycles. The zero-order chi connectivity index (χ0) is 19.2. The van der Waals surface area contributed by atoms with E-state index in [1.807, 2.05) is 42.5 Å². The van der Waals surface area contributed by atoms with E-state index in [2.05, 4.69) is 5.32 Å². The van der Waals surface area contributed by atoms with E-state index in [-0.39, 0.29) is 0 Å². The maximum atomic E-state index is 11.9. The maximum Gasteiger partial charge on any atom is 0.331 e. The number of carbonyl (C=O) groups is 2. The zero-order valence-electron chi connectivity index (χ0n) is 14.1. The highest BCUT2D eigenvalue weighted by atomic mass is 35.5. The van der Waals surface area contributed by atoms with Crippen molar-refractivity contribution in [1.82, 2.24) is 0 Å². The number of halogens is 2. The number of hydrogen-bond donors (Lipinski definition) is 1. The highest BCUT2D eigenvalue weighted by Gasteiger charge is 2.07. The first-order valence-corrected chi connectivity index (χ1v) is 8.86. The van der Waals surface area contributed by atoms with Crippen molar-refractivity contribution in [2.24, 2.45) is 0 Å². The predicted octanol–water partition coefficient (Wildman–Crippen LogP) is 5.34. The Kier molecular flexibility index (Phi) is 6.12. The molecule has 3 rings (SSSR count). The number of amides is 1. The number of rotatable bonds is 5. The van der Waals surface area contributed by atoms with Crippen LogP contribution < -0.4 is 5.32 Å². The summed E-state index contributed by atoms with van der Waals surface area (Å²) in [6.45, 7) is -0.404. The molecule has 0 saturated heterocycles. The smallest absolute Gasteiger partial charge is 0.331 e. The molecule has 0 unspecified atom stereocenters. The van der Waals surface area contributed by atoms with Crippen molar-refractivity contribution in [3.8, 4) is 0 Å². The molecule has 0 spiro atoms. The van der Waals surface area contributed by atoms with Crippen LogP contribution in [0.3, 0.4) is 0 Å². The summed E-state index contributed by atoms with van der Waals surface area (Å²) in [5.74, 6) is -1.08. The maximum absolute atomic E-state index is 11.9. The quantitative estimate of drug-likeness (QED) is 0.465. The average molecular weight is 400 g/mol. The highest BCUT2D eigenvalue weighted by molar-refractivity contribution is 6.42. The van der Waals surface area contributed by atoms with Gasteiger partial charge in [-0.15, -0.1) is 0 Å². The van der Waals surface area contributed by atoms with Crippen molar-refractivity contribution in [2.75, 3.05) is 11.9 Å². The molecule has 0 aliphatic rings. The zero-order valence-corrected chi connectivity index (χ0v) is 15.6. The van der Waals surface area contributed by atoms with Gasteiger partial charge in [0.1, 0.15) is 0 Å². The van der Waals surface area contributed by atoms with Crippen LogP contribution >= 0.6 is 23.2 Å². The molecule has 0 heterocycles. The average Bonchev–Trinajstić information content (AvgIpc) is 2.67. The summed E-state index contributed by atoms with van der Waals surface area (Å²) < 4.78 is 4.97. The molecule has 27 heavy (non-hydrogen) atoms. The van der Waals surface area contributed by atoms with Gasteiger partial charge in [-0.3, -0.25) is 4.79 Å². The molecule has 3 aromatic rings. The van der Waals surface area contributed by atoms with Crippen LogP contribution in [-0.2, 0) is 14.3 Å². The van der Waals surface area contributed by atoms with Gasteiger partial charge in [0.25, 0.3) is 5.91 Å². The molecule has 0 aromatic heterocycles. The summed E-state index contributed by atoms with van der Waals surface area (Å²) in [6, 6.07) is 18.4. The first kappa shape index (κ1) is 19.0. The number of ether oxygens (including phenoxy) is 1. The lowest BCUT2D eigenvalue weighted by molar-refractivity contribution is -0.142. The van der Waals surface area contributed by atoms with Gasteiger partial charge in [-0.05, 0) is 40.6 Å². The molecule has 4 nitrogen and oxygen atoms in total. The molecular weight excluding hydrogens is 385 g/mol. The minimum Gasteiger partial charge on any atom is -0.452 e. The lowest BCUT2D eigenvalue weighted by Gasteiger charge is -2.06. The molecule has 6 heteroatoms. The Morgan fingerprint density at radius 2 is 1.74 bits per heavy atom. The fourth-order valence-corrected chi connectivity index (χ4v) is 2.81. The van der Waals surface area contributed by atoms with Crippen molar-refractivity contribution in [3.63, 3.8) is 0 Å². The van der Waals surface area contributed by atoms with Crippen LogP contribution in [0, 0.1) is 0 Å². The van der Waals surface area contributed by atoms with Gasteiger partial charge in [-0.1, -0.05) is 65.7 Å². The van der Waals surface area contributed by atoms with Crippen LogP contribution in [0.2, 0.25) is 10.0 Å². The molecule has 0 saturated carbocycles. The van der Waals surface area contributed by atoms with E-state index in [0.29, 0.717) is 15.7 Å². The minimum absolute atomic E-state index is 0.324. The third-order valence-electron chi connectivity index (χ3n) is 3.77. The number of hydrogen-bond acceptors (Lipinski definition) is 3. The van der Waals surface area contributed by atoms with Crippen molar-refractivity contribution >= 4 is 57.6 Å². The Labute approximate surface area is 166 Å². The Hall–Kier alpha value is -2.82. The minimum atomic E-state index is -0.604. The van der Waals surface area contributed by atoms with E-state index in [9.17, 15) is 9.59 Å². The number of esters is 1. The Morgan fingerprint density at radius 1 is 0.963 bits per heavy atom. The molecule has 3 aromatic carbocycles. The van der Waals surface area contributed by atoms with Gasteiger partial charge in [0.2, 0.25) is 0 Å². The number of anilines is 1. The largest absolute Gasteiger partial charge is 0.452 e. The summed E-state index contributed by atoms with van der Waals surface area (Å²) in [7, 11) is 0. The second kappa shape index (κ2) is 8.71. The van der Waals surface area contributed by atoms with Gasteiger partial charge >= 0.3 is 5.97 Å². The fraction of sp³-hybridized carbons (Fsp3) is 0.0476. The van der Waals surface area contributed by atoms with Crippen LogP contribution in [0.1, 0.15) is 5.56 Å². The second-order valence-corrected chi connectivity index (χ2v) is 6.50. The molecular formula is C21H15Cl2NO3. The van der Waals surface area contributed by atoms with Gasteiger partial charge in [0, 0.05) is 11.8 Å². The van der Waals surface area contributed by atoms with Crippen LogP contribution in [0.15, 0.2) is 66.7 Å². The van der Waals surface area contributed by atoms with Gasteiger partial charge in [-0.2, -0.15) is 0 Å². The fourth-order valence-electron chi connectivity index (χ4n) is 2.51. The van der Waals surface area contributed by atoms with E-state index < -0.39 is 18.5 Å². The summed E-state index contributed by atoms with van der Waals surface area (Å²) >= 11 is 11.7. The SMILES string of the molecule is O=C(COC(=O)C=Cc1cccc2ccccc12)Nc1ccc(Cl)c(Cl)c1. The van der Waals surface area contributed by atoms with Crippen LogP contribution in [0.5, 0.6) is 0 Å². The third-order valence-corrected chi connectivity index (χ3v) is 4.51.